The third-order valence-electron chi connectivity index (χ3n) is 5.68. The van der Waals surface area contributed by atoms with E-state index in [1.54, 1.807) is 12.1 Å². The quantitative estimate of drug-likeness (QED) is 0.690. The van der Waals surface area contributed by atoms with E-state index in [9.17, 15) is 9.18 Å². The number of H-pyrrole nitrogens is 1. The van der Waals surface area contributed by atoms with Crippen LogP contribution in [0.2, 0.25) is 0 Å². The summed E-state index contributed by atoms with van der Waals surface area (Å²) < 4.78 is 18.5. The van der Waals surface area contributed by atoms with Crippen molar-refractivity contribution in [2.24, 2.45) is 10.9 Å². The molecule has 0 saturated heterocycles. The minimum absolute atomic E-state index is 0.122. The van der Waals surface area contributed by atoms with Crippen LogP contribution in [0.25, 0.3) is 16.5 Å². The fraction of sp³-hybridized carbons (Fsp3) is 0.304. The zero-order valence-corrected chi connectivity index (χ0v) is 16.3. The Labute approximate surface area is 162 Å². The molecular formula is C23H23FN2O2. The SMILES string of the molecule is COC(=O)CCC1=c2cc3[nH]ccc3cc2=NC1(c1ccc(F)cc1)C(C)C. The Kier molecular flexibility index (Phi) is 4.53. The standard InChI is InChI=1S/C23H23FN2O2/c1-14(2)23(16-4-6-17(24)7-5-16)19(8-9-22(27)28-3)18-13-20-15(10-11-25-20)12-21(18)26-23/h4-7,10-14,25H,8-9H2,1-3H3. The number of aromatic nitrogens is 1. The summed E-state index contributed by atoms with van der Waals surface area (Å²) in [7, 11) is 1.40. The highest BCUT2D eigenvalue weighted by Crippen LogP contribution is 2.44. The Morgan fingerprint density at radius 2 is 1.96 bits per heavy atom. The van der Waals surface area contributed by atoms with Gasteiger partial charge in [-0.15, -0.1) is 0 Å². The van der Waals surface area contributed by atoms with Gasteiger partial charge in [0.1, 0.15) is 11.4 Å². The van der Waals surface area contributed by atoms with E-state index in [0.29, 0.717) is 6.42 Å². The topological polar surface area (TPSA) is 54.5 Å². The number of nitrogens with zero attached hydrogens (tertiary/aromatic N) is 1. The molecule has 0 aliphatic carbocycles. The lowest BCUT2D eigenvalue weighted by Gasteiger charge is -2.35. The number of esters is 1. The van der Waals surface area contributed by atoms with Gasteiger partial charge in [0.2, 0.25) is 0 Å². The number of carbonyl (C=O) groups is 1. The molecule has 1 atom stereocenters. The van der Waals surface area contributed by atoms with E-state index in [1.165, 1.54) is 19.2 Å². The summed E-state index contributed by atoms with van der Waals surface area (Å²) in [6.45, 7) is 4.23. The molecule has 0 spiro atoms. The van der Waals surface area contributed by atoms with Gasteiger partial charge >= 0.3 is 5.97 Å². The van der Waals surface area contributed by atoms with Gasteiger partial charge in [-0.25, -0.2) is 4.39 Å². The zero-order valence-electron chi connectivity index (χ0n) is 16.3. The lowest BCUT2D eigenvalue weighted by atomic mass is 9.73. The van der Waals surface area contributed by atoms with Crippen LogP contribution in [0.4, 0.5) is 4.39 Å². The number of carbonyl (C=O) groups excluding carboxylic acids is 1. The molecule has 1 N–H and O–H groups in total. The smallest absolute Gasteiger partial charge is 0.305 e. The Bertz CT molecular complexity index is 1160. The number of hydrogen-bond donors (Lipinski definition) is 1. The van der Waals surface area contributed by atoms with Crippen LogP contribution >= 0.6 is 0 Å². The maximum absolute atomic E-state index is 13.6. The number of ether oxygens (including phenoxy) is 1. The van der Waals surface area contributed by atoms with Gasteiger partial charge in [-0.1, -0.05) is 26.0 Å². The average Bonchev–Trinajstić information content (AvgIpc) is 3.26. The summed E-state index contributed by atoms with van der Waals surface area (Å²) in [5.41, 5.74) is 2.40. The Morgan fingerprint density at radius 1 is 1.21 bits per heavy atom. The molecule has 0 saturated carbocycles. The van der Waals surface area contributed by atoms with E-state index in [2.05, 4.69) is 31.0 Å². The molecule has 144 valence electrons. The van der Waals surface area contributed by atoms with Crippen LogP contribution < -0.4 is 10.6 Å². The van der Waals surface area contributed by atoms with Crippen molar-refractivity contribution in [1.29, 1.82) is 0 Å². The van der Waals surface area contributed by atoms with Crippen molar-refractivity contribution >= 4 is 22.4 Å². The van der Waals surface area contributed by atoms with Gasteiger partial charge in [0, 0.05) is 28.7 Å². The van der Waals surface area contributed by atoms with Gasteiger partial charge in [0.15, 0.2) is 0 Å². The van der Waals surface area contributed by atoms with Crippen LogP contribution in [0.5, 0.6) is 0 Å². The van der Waals surface area contributed by atoms with Gasteiger partial charge in [-0.2, -0.15) is 0 Å². The monoisotopic (exact) mass is 378 g/mol. The molecule has 28 heavy (non-hydrogen) atoms. The summed E-state index contributed by atoms with van der Waals surface area (Å²) in [4.78, 5) is 20.3. The molecule has 0 radical (unpaired) electrons. The molecule has 1 aliphatic heterocycles. The first-order valence-electron chi connectivity index (χ1n) is 9.49. The summed E-state index contributed by atoms with van der Waals surface area (Å²) in [5.74, 6) is -0.405. The van der Waals surface area contributed by atoms with Crippen molar-refractivity contribution in [1.82, 2.24) is 4.98 Å². The molecule has 2 aromatic carbocycles. The Balaban J connectivity index is 2.00. The van der Waals surface area contributed by atoms with Gasteiger partial charge in [0.05, 0.1) is 12.5 Å². The number of methoxy groups -OCH3 is 1. The average molecular weight is 378 g/mol. The van der Waals surface area contributed by atoms with Gasteiger partial charge in [-0.05, 0) is 53.8 Å². The highest BCUT2D eigenvalue weighted by atomic mass is 19.1. The molecule has 1 unspecified atom stereocenters. The summed E-state index contributed by atoms with van der Waals surface area (Å²) in [5, 5.41) is 3.04. The van der Waals surface area contributed by atoms with Gasteiger partial charge < -0.3 is 9.72 Å². The second kappa shape index (κ2) is 6.89. The number of nitrogens with one attached hydrogen (secondary N) is 1. The minimum atomic E-state index is -0.636. The predicted molar refractivity (Wildman–Crippen MR) is 107 cm³/mol. The highest BCUT2D eigenvalue weighted by molar-refractivity contribution is 5.81. The number of benzene rings is 2. The van der Waals surface area contributed by atoms with E-state index in [-0.39, 0.29) is 24.1 Å². The van der Waals surface area contributed by atoms with Crippen LogP contribution in [-0.2, 0) is 15.1 Å². The van der Waals surface area contributed by atoms with Crippen molar-refractivity contribution in [3.63, 3.8) is 0 Å². The number of hydrogen-bond acceptors (Lipinski definition) is 3. The molecule has 3 aromatic rings. The van der Waals surface area contributed by atoms with Crippen molar-refractivity contribution in [3.8, 4) is 0 Å². The highest BCUT2D eigenvalue weighted by Gasteiger charge is 2.42. The zero-order chi connectivity index (χ0) is 19.9. The summed E-state index contributed by atoms with van der Waals surface area (Å²) >= 11 is 0. The normalized spacial score (nSPS) is 18.4. The molecule has 1 aromatic heterocycles. The molecular weight excluding hydrogens is 355 g/mol. The van der Waals surface area contributed by atoms with E-state index in [1.807, 2.05) is 12.3 Å². The first kappa shape index (κ1) is 18.4. The molecule has 5 heteroatoms. The maximum atomic E-state index is 13.6. The number of rotatable bonds is 5. The molecule has 0 amide bonds. The minimum Gasteiger partial charge on any atom is -0.469 e. The van der Waals surface area contributed by atoms with Gasteiger partial charge in [-0.3, -0.25) is 9.79 Å². The van der Waals surface area contributed by atoms with Gasteiger partial charge in [0.25, 0.3) is 0 Å². The van der Waals surface area contributed by atoms with E-state index in [0.717, 1.165) is 32.6 Å². The Morgan fingerprint density at radius 3 is 2.64 bits per heavy atom. The Hall–Kier alpha value is -2.95. The van der Waals surface area contributed by atoms with Crippen LogP contribution in [0.15, 0.2) is 53.7 Å². The van der Waals surface area contributed by atoms with Crippen LogP contribution in [-0.4, -0.2) is 18.1 Å². The third kappa shape index (κ3) is 2.82. The molecule has 1 aliphatic rings. The van der Waals surface area contributed by atoms with E-state index >= 15 is 0 Å². The van der Waals surface area contributed by atoms with Crippen molar-refractivity contribution in [3.05, 3.63) is 70.6 Å². The van der Waals surface area contributed by atoms with Crippen LogP contribution in [0, 0.1) is 11.7 Å². The number of fused-ring (bicyclic) bond motifs is 2. The summed E-state index contributed by atoms with van der Waals surface area (Å²) in [6, 6.07) is 12.7. The maximum Gasteiger partial charge on any atom is 0.305 e. The van der Waals surface area contributed by atoms with Crippen LogP contribution in [0.3, 0.4) is 0 Å². The molecule has 2 heterocycles. The molecule has 0 bridgehead atoms. The van der Waals surface area contributed by atoms with E-state index < -0.39 is 5.54 Å². The van der Waals surface area contributed by atoms with Crippen LogP contribution in [0.1, 0.15) is 32.3 Å². The molecule has 0 fully saturated rings. The fourth-order valence-electron chi connectivity index (χ4n) is 4.29. The lowest BCUT2D eigenvalue weighted by Crippen LogP contribution is -2.32. The predicted octanol–water partition coefficient (Wildman–Crippen LogP) is 3.60. The third-order valence-corrected chi connectivity index (χ3v) is 5.68. The van der Waals surface area contributed by atoms with Crippen molar-refractivity contribution in [2.75, 3.05) is 7.11 Å². The molecule has 4 rings (SSSR count). The number of halogens is 1. The second-order valence-corrected chi connectivity index (χ2v) is 7.53. The summed E-state index contributed by atoms with van der Waals surface area (Å²) in [6.07, 6.45) is 2.72. The second-order valence-electron chi connectivity index (χ2n) is 7.53. The van der Waals surface area contributed by atoms with Crippen molar-refractivity contribution < 1.29 is 13.9 Å². The fourth-order valence-corrected chi connectivity index (χ4v) is 4.29. The largest absolute Gasteiger partial charge is 0.469 e. The van der Waals surface area contributed by atoms with Crippen molar-refractivity contribution in [2.45, 2.75) is 32.2 Å². The lowest BCUT2D eigenvalue weighted by molar-refractivity contribution is -0.140. The first-order valence-corrected chi connectivity index (χ1v) is 9.49. The van der Waals surface area contributed by atoms with E-state index in [4.69, 9.17) is 9.73 Å². The number of aromatic amines is 1. The first-order chi connectivity index (χ1) is 13.5. The molecule has 4 nitrogen and oxygen atoms in total.